The first-order valence-electron chi connectivity index (χ1n) is 11.0. The molecule has 0 saturated carbocycles. The third kappa shape index (κ3) is 4.03. The number of fused-ring (bicyclic) bond motifs is 4. The highest BCUT2D eigenvalue weighted by molar-refractivity contribution is 9.10. The maximum Gasteiger partial charge on any atom is 0.223 e. The Kier molecular flexibility index (Phi) is 5.91. The fourth-order valence-corrected chi connectivity index (χ4v) is 5.12. The van der Waals surface area contributed by atoms with Crippen molar-refractivity contribution < 1.29 is 14.2 Å². The molecule has 1 aromatic heterocycles. The van der Waals surface area contributed by atoms with E-state index in [1.165, 1.54) is 6.07 Å². The summed E-state index contributed by atoms with van der Waals surface area (Å²) in [6.07, 6.45) is 1.22. The van der Waals surface area contributed by atoms with E-state index in [-0.39, 0.29) is 5.75 Å². The summed E-state index contributed by atoms with van der Waals surface area (Å²) in [6, 6.07) is 22.3. The lowest BCUT2D eigenvalue weighted by Crippen LogP contribution is -2.36. The summed E-state index contributed by atoms with van der Waals surface area (Å²) in [5.74, 6) is -0.573. The van der Waals surface area contributed by atoms with E-state index in [1.54, 1.807) is 12.1 Å². The molecular weight excluding hydrogens is 483 g/mol. The quantitative estimate of drug-likeness (QED) is 0.313. The molecule has 2 atom stereocenters. The average molecular weight is 507 g/mol. The number of hydrogen-bond acceptors (Lipinski definition) is 4. The first-order valence-corrected chi connectivity index (χ1v) is 11.8. The standard InChI is InChI=1S/C27H24BrFN2O2/c1-30-13-5-12-27(32)19-8-10-22(29)24(16-19)33-26-21(25(27)17-6-3-2-4-7-17)15-18-14-20(28)9-11-23(18)31-26/h2-4,6-11,14-16,25,30,32H,5,12-13H2,1H3. The number of ether oxygens (including phenoxy) is 1. The Morgan fingerprint density at radius 1 is 1.09 bits per heavy atom. The molecule has 168 valence electrons. The lowest BCUT2D eigenvalue weighted by atomic mass is 9.71. The van der Waals surface area contributed by atoms with Crippen LogP contribution in [0.15, 0.2) is 77.3 Å². The van der Waals surface area contributed by atoms with Gasteiger partial charge in [-0.1, -0.05) is 52.3 Å². The molecular formula is C27H24BrFN2O2. The molecule has 0 amide bonds. The van der Waals surface area contributed by atoms with Crippen molar-refractivity contribution in [2.45, 2.75) is 24.4 Å². The van der Waals surface area contributed by atoms with E-state index in [9.17, 15) is 9.50 Å². The highest BCUT2D eigenvalue weighted by Crippen LogP contribution is 2.50. The second-order valence-electron chi connectivity index (χ2n) is 8.44. The van der Waals surface area contributed by atoms with Gasteiger partial charge in [-0.3, -0.25) is 0 Å². The number of benzene rings is 3. The summed E-state index contributed by atoms with van der Waals surface area (Å²) in [7, 11) is 1.89. The van der Waals surface area contributed by atoms with Gasteiger partial charge in [-0.2, -0.15) is 0 Å². The van der Waals surface area contributed by atoms with E-state index in [0.717, 1.165) is 39.5 Å². The Hall–Kier alpha value is -2.80. The Morgan fingerprint density at radius 2 is 1.91 bits per heavy atom. The summed E-state index contributed by atoms with van der Waals surface area (Å²) in [5, 5.41) is 16.5. The first kappa shape index (κ1) is 22.0. The van der Waals surface area contributed by atoms with E-state index in [0.29, 0.717) is 17.9 Å². The van der Waals surface area contributed by atoms with Gasteiger partial charge in [-0.15, -0.1) is 0 Å². The van der Waals surface area contributed by atoms with Gasteiger partial charge in [0, 0.05) is 21.3 Å². The van der Waals surface area contributed by atoms with Crippen LogP contribution in [0.25, 0.3) is 10.9 Å². The van der Waals surface area contributed by atoms with Gasteiger partial charge in [-0.05, 0) is 74.0 Å². The van der Waals surface area contributed by atoms with E-state index in [1.807, 2.05) is 61.6 Å². The van der Waals surface area contributed by atoms with Crippen LogP contribution >= 0.6 is 15.9 Å². The van der Waals surface area contributed by atoms with Crippen LogP contribution in [-0.2, 0) is 5.60 Å². The number of halogens is 2. The summed E-state index contributed by atoms with van der Waals surface area (Å²) in [4.78, 5) is 4.76. The molecule has 0 radical (unpaired) electrons. The van der Waals surface area contributed by atoms with Gasteiger partial charge in [-0.25, -0.2) is 9.37 Å². The highest BCUT2D eigenvalue weighted by Gasteiger charge is 2.43. The lowest BCUT2D eigenvalue weighted by Gasteiger charge is -2.39. The Balaban J connectivity index is 1.82. The molecule has 3 aromatic carbocycles. The van der Waals surface area contributed by atoms with Gasteiger partial charge in [0.2, 0.25) is 5.88 Å². The van der Waals surface area contributed by atoms with Crippen LogP contribution < -0.4 is 10.1 Å². The van der Waals surface area contributed by atoms with Gasteiger partial charge in [0.05, 0.1) is 5.52 Å². The van der Waals surface area contributed by atoms with E-state index in [2.05, 4.69) is 21.2 Å². The second kappa shape index (κ2) is 8.86. The maximum absolute atomic E-state index is 14.7. The SMILES string of the molecule is CNCCCC1(O)c2ccc(F)c(c2)Oc2nc3ccc(Br)cc3cc2C1c1ccccc1. The number of aliphatic hydroxyl groups is 1. The minimum absolute atomic E-state index is 0.0660. The van der Waals surface area contributed by atoms with Crippen LogP contribution in [0.5, 0.6) is 11.6 Å². The van der Waals surface area contributed by atoms with Crippen molar-refractivity contribution in [2.75, 3.05) is 13.6 Å². The number of nitrogens with zero attached hydrogens (tertiary/aromatic N) is 1. The fraction of sp³-hybridized carbons (Fsp3) is 0.222. The van der Waals surface area contributed by atoms with E-state index >= 15 is 0 Å². The van der Waals surface area contributed by atoms with Crippen LogP contribution in [0.4, 0.5) is 4.39 Å². The van der Waals surface area contributed by atoms with Gasteiger partial charge >= 0.3 is 0 Å². The van der Waals surface area contributed by atoms with Crippen molar-refractivity contribution in [1.82, 2.24) is 10.3 Å². The smallest absolute Gasteiger partial charge is 0.223 e. The van der Waals surface area contributed by atoms with Crippen molar-refractivity contribution in [2.24, 2.45) is 0 Å². The van der Waals surface area contributed by atoms with Crippen molar-refractivity contribution in [3.8, 4) is 11.6 Å². The number of pyridine rings is 1. The van der Waals surface area contributed by atoms with E-state index < -0.39 is 17.3 Å². The van der Waals surface area contributed by atoms with Crippen LogP contribution in [0.1, 0.15) is 35.4 Å². The van der Waals surface area contributed by atoms with Gasteiger partial charge < -0.3 is 15.2 Å². The zero-order valence-electron chi connectivity index (χ0n) is 18.2. The van der Waals surface area contributed by atoms with Crippen molar-refractivity contribution >= 4 is 26.8 Å². The molecule has 1 aliphatic heterocycles. The van der Waals surface area contributed by atoms with Crippen molar-refractivity contribution in [1.29, 1.82) is 0 Å². The molecule has 33 heavy (non-hydrogen) atoms. The Morgan fingerprint density at radius 3 is 2.70 bits per heavy atom. The number of nitrogens with one attached hydrogen (secondary N) is 1. The van der Waals surface area contributed by atoms with Crippen LogP contribution in [0, 0.1) is 5.82 Å². The largest absolute Gasteiger partial charge is 0.436 e. The van der Waals surface area contributed by atoms with Crippen LogP contribution in [0.2, 0.25) is 0 Å². The third-order valence-electron chi connectivity index (χ3n) is 6.31. The predicted octanol–water partition coefficient (Wildman–Crippen LogP) is 6.26. The van der Waals surface area contributed by atoms with Gasteiger partial charge in [0.25, 0.3) is 0 Å². The molecule has 2 N–H and O–H groups in total. The average Bonchev–Trinajstić information content (AvgIpc) is 2.81. The predicted molar refractivity (Wildman–Crippen MR) is 131 cm³/mol. The monoisotopic (exact) mass is 506 g/mol. The molecule has 6 heteroatoms. The highest BCUT2D eigenvalue weighted by atomic mass is 79.9. The number of hydrogen-bond donors (Lipinski definition) is 2. The van der Waals surface area contributed by atoms with Crippen LogP contribution in [0.3, 0.4) is 0 Å². The van der Waals surface area contributed by atoms with E-state index in [4.69, 9.17) is 9.72 Å². The topological polar surface area (TPSA) is 54.4 Å². The number of aromatic nitrogens is 1. The Labute approximate surface area is 200 Å². The number of rotatable bonds is 5. The molecule has 1 aliphatic rings. The Bertz CT molecular complexity index is 1310. The van der Waals surface area contributed by atoms with Crippen molar-refractivity contribution in [3.05, 3.63) is 99.8 Å². The maximum atomic E-state index is 14.7. The molecule has 0 spiro atoms. The zero-order valence-corrected chi connectivity index (χ0v) is 19.8. The lowest BCUT2D eigenvalue weighted by molar-refractivity contribution is 0.00681. The summed E-state index contributed by atoms with van der Waals surface area (Å²) < 4.78 is 21.7. The molecule has 0 saturated heterocycles. The summed E-state index contributed by atoms with van der Waals surface area (Å²) in [5.41, 5.74) is 1.74. The zero-order chi connectivity index (χ0) is 23.0. The molecule has 2 unspecified atom stereocenters. The summed E-state index contributed by atoms with van der Waals surface area (Å²) in [6.45, 7) is 0.754. The van der Waals surface area contributed by atoms with Crippen LogP contribution in [-0.4, -0.2) is 23.7 Å². The molecule has 2 heterocycles. The third-order valence-corrected chi connectivity index (χ3v) is 6.81. The molecule has 0 fully saturated rings. The van der Waals surface area contributed by atoms with Crippen molar-refractivity contribution in [3.63, 3.8) is 0 Å². The molecule has 0 aliphatic carbocycles. The minimum Gasteiger partial charge on any atom is -0.436 e. The van der Waals surface area contributed by atoms with Gasteiger partial charge in [0.15, 0.2) is 11.6 Å². The fourth-order valence-electron chi connectivity index (χ4n) is 4.74. The minimum atomic E-state index is -1.29. The van der Waals surface area contributed by atoms with Gasteiger partial charge in [0.1, 0.15) is 5.60 Å². The molecule has 4 aromatic rings. The molecule has 2 bridgehead atoms. The second-order valence-corrected chi connectivity index (χ2v) is 9.36. The molecule has 4 nitrogen and oxygen atoms in total. The normalized spacial score (nSPS) is 19.5. The summed E-state index contributed by atoms with van der Waals surface area (Å²) >= 11 is 3.54. The molecule has 5 rings (SSSR count). The first-order chi connectivity index (χ1) is 16.0.